The number of halogens is 2. The number of nitriles is 1. The van der Waals surface area contributed by atoms with Crippen molar-refractivity contribution in [1.29, 1.82) is 5.26 Å². The molecule has 0 saturated carbocycles. The molecule has 2 N–H and O–H groups in total. The maximum Gasteiger partial charge on any atom is 0.165 e. The van der Waals surface area contributed by atoms with Gasteiger partial charge in [-0.2, -0.15) is 5.26 Å². The van der Waals surface area contributed by atoms with E-state index >= 15 is 0 Å². The Bertz CT molecular complexity index is 1320. The number of nitrogens with zero attached hydrogens (tertiary/aromatic N) is 3. The van der Waals surface area contributed by atoms with Crippen LogP contribution in [0.4, 0.5) is 8.78 Å². The van der Waals surface area contributed by atoms with Gasteiger partial charge in [-0.25, -0.2) is 8.78 Å². The van der Waals surface area contributed by atoms with E-state index in [1.165, 1.54) is 31.4 Å². The van der Waals surface area contributed by atoms with Crippen molar-refractivity contribution in [3.05, 3.63) is 71.6 Å². The number of fused-ring (bicyclic) bond motifs is 1. The third-order valence-electron chi connectivity index (χ3n) is 5.21. The average Bonchev–Trinajstić information content (AvgIpc) is 3.08. The number of hydrogen-bond donors (Lipinski definition) is 1. The Morgan fingerprint density at radius 3 is 2.47 bits per heavy atom. The SMILES string of the molecule is COc1ccc(-c2ncc3c(cc(CN)n3C)c2-c2ccc(C#N)c(F)c2)cc1F. The Labute approximate surface area is 172 Å². The highest BCUT2D eigenvalue weighted by atomic mass is 19.1. The van der Waals surface area contributed by atoms with Gasteiger partial charge in [-0.3, -0.25) is 4.98 Å². The summed E-state index contributed by atoms with van der Waals surface area (Å²) in [4.78, 5) is 4.57. The van der Waals surface area contributed by atoms with Crippen molar-refractivity contribution in [2.24, 2.45) is 12.8 Å². The highest BCUT2D eigenvalue weighted by Crippen LogP contribution is 2.39. The van der Waals surface area contributed by atoms with E-state index in [0.29, 0.717) is 28.9 Å². The third kappa shape index (κ3) is 3.08. The molecule has 2 aromatic heterocycles. The fourth-order valence-electron chi connectivity index (χ4n) is 3.63. The smallest absolute Gasteiger partial charge is 0.165 e. The summed E-state index contributed by atoms with van der Waals surface area (Å²) in [6.07, 6.45) is 1.69. The second-order valence-electron chi connectivity index (χ2n) is 6.84. The topological polar surface area (TPSA) is 76.9 Å². The molecule has 0 fully saturated rings. The second kappa shape index (κ2) is 7.58. The maximum absolute atomic E-state index is 14.4. The highest BCUT2D eigenvalue weighted by Gasteiger charge is 2.19. The molecule has 7 heteroatoms. The molecule has 0 atom stereocenters. The van der Waals surface area contributed by atoms with E-state index in [4.69, 9.17) is 15.7 Å². The van der Waals surface area contributed by atoms with Gasteiger partial charge in [0.15, 0.2) is 11.6 Å². The molecule has 0 unspecified atom stereocenters. The predicted octanol–water partition coefficient (Wildman–Crippen LogP) is 4.52. The van der Waals surface area contributed by atoms with Crippen LogP contribution in [0.3, 0.4) is 0 Å². The molecule has 30 heavy (non-hydrogen) atoms. The lowest BCUT2D eigenvalue weighted by Crippen LogP contribution is -2.02. The zero-order chi connectivity index (χ0) is 21.4. The zero-order valence-electron chi connectivity index (χ0n) is 16.4. The number of aromatic nitrogens is 2. The first-order chi connectivity index (χ1) is 14.5. The Morgan fingerprint density at radius 1 is 1.10 bits per heavy atom. The van der Waals surface area contributed by atoms with Gasteiger partial charge < -0.3 is 15.0 Å². The van der Waals surface area contributed by atoms with E-state index in [0.717, 1.165) is 16.6 Å². The molecule has 0 spiro atoms. The zero-order valence-corrected chi connectivity index (χ0v) is 16.4. The van der Waals surface area contributed by atoms with Crippen LogP contribution >= 0.6 is 0 Å². The lowest BCUT2D eigenvalue weighted by Gasteiger charge is -2.13. The molecule has 2 heterocycles. The van der Waals surface area contributed by atoms with E-state index in [1.54, 1.807) is 18.3 Å². The molecule has 0 saturated heterocycles. The van der Waals surface area contributed by atoms with Gasteiger partial charge in [0.2, 0.25) is 0 Å². The van der Waals surface area contributed by atoms with Crippen molar-refractivity contribution in [2.75, 3.05) is 7.11 Å². The largest absolute Gasteiger partial charge is 0.494 e. The van der Waals surface area contributed by atoms with Crippen LogP contribution in [0, 0.1) is 23.0 Å². The molecule has 4 aromatic rings. The van der Waals surface area contributed by atoms with Gasteiger partial charge >= 0.3 is 0 Å². The van der Waals surface area contributed by atoms with Crippen molar-refractivity contribution in [1.82, 2.24) is 9.55 Å². The van der Waals surface area contributed by atoms with E-state index < -0.39 is 11.6 Å². The van der Waals surface area contributed by atoms with E-state index in [9.17, 15) is 8.78 Å². The van der Waals surface area contributed by atoms with Crippen LogP contribution in [0.1, 0.15) is 11.3 Å². The van der Waals surface area contributed by atoms with Gasteiger partial charge in [0.25, 0.3) is 0 Å². The monoisotopic (exact) mass is 404 g/mol. The van der Waals surface area contributed by atoms with E-state index in [2.05, 4.69) is 4.98 Å². The Balaban J connectivity index is 2.06. The molecule has 0 aliphatic carbocycles. The summed E-state index contributed by atoms with van der Waals surface area (Å²) in [6, 6.07) is 12.7. The van der Waals surface area contributed by atoms with Crippen molar-refractivity contribution >= 4 is 10.9 Å². The number of pyridine rings is 1. The Hall–Kier alpha value is -3.76. The summed E-state index contributed by atoms with van der Waals surface area (Å²) in [6.45, 7) is 0.318. The molecule has 2 aromatic carbocycles. The fraction of sp³-hybridized carbons (Fsp3) is 0.130. The number of methoxy groups -OCH3 is 1. The molecular weight excluding hydrogens is 386 g/mol. The van der Waals surface area contributed by atoms with Gasteiger partial charge in [-0.05, 0) is 42.0 Å². The normalized spacial score (nSPS) is 10.9. The first-order valence-electron chi connectivity index (χ1n) is 9.19. The number of rotatable bonds is 4. The van der Waals surface area contributed by atoms with Crippen molar-refractivity contribution < 1.29 is 13.5 Å². The van der Waals surface area contributed by atoms with E-state index in [-0.39, 0.29) is 11.3 Å². The second-order valence-corrected chi connectivity index (χ2v) is 6.84. The van der Waals surface area contributed by atoms with Crippen molar-refractivity contribution in [2.45, 2.75) is 6.54 Å². The molecule has 0 aliphatic heterocycles. The van der Waals surface area contributed by atoms with Crippen molar-refractivity contribution in [3.8, 4) is 34.2 Å². The molecule has 5 nitrogen and oxygen atoms in total. The predicted molar refractivity (Wildman–Crippen MR) is 111 cm³/mol. The number of nitrogens with two attached hydrogens (primary N) is 1. The van der Waals surface area contributed by atoms with Crippen LogP contribution in [0.25, 0.3) is 33.3 Å². The highest BCUT2D eigenvalue weighted by molar-refractivity contribution is 6.02. The lowest BCUT2D eigenvalue weighted by molar-refractivity contribution is 0.386. The van der Waals surface area contributed by atoms with Crippen LogP contribution in [0.5, 0.6) is 5.75 Å². The quantitative estimate of drug-likeness (QED) is 0.542. The standard InChI is InChI=1S/C23H18F2N4O/c1-29-16(11-27)9-17-20(29)12-28-23(14-5-6-21(30-2)19(25)8-14)22(17)13-3-4-15(10-26)18(24)7-13/h3-9,12H,11,27H2,1-2H3. The molecular formula is C23H18F2N4O. The molecule has 4 rings (SSSR count). The average molecular weight is 404 g/mol. The Kier molecular flexibility index (Phi) is 4.94. The minimum Gasteiger partial charge on any atom is -0.494 e. The third-order valence-corrected chi connectivity index (χ3v) is 5.21. The summed E-state index contributed by atoms with van der Waals surface area (Å²) in [7, 11) is 3.27. The fourth-order valence-corrected chi connectivity index (χ4v) is 3.63. The van der Waals surface area contributed by atoms with Crippen LogP contribution in [0.15, 0.2) is 48.7 Å². The molecule has 0 radical (unpaired) electrons. The summed E-state index contributed by atoms with van der Waals surface area (Å²) >= 11 is 0. The maximum atomic E-state index is 14.4. The van der Waals surface area contributed by atoms with Gasteiger partial charge in [-0.15, -0.1) is 0 Å². The van der Waals surface area contributed by atoms with Gasteiger partial charge in [0.05, 0.1) is 30.1 Å². The van der Waals surface area contributed by atoms with E-state index in [1.807, 2.05) is 23.8 Å². The first-order valence-corrected chi connectivity index (χ1v) is 9.19. The number of aryl methyl sites for hydroxylation is 1. The van der Waals surface area contributed by atoms with Crippen LogP contribution in [-0.2, 0) is 13.6 Å². The molecule has 150 valence electrons. The van der Waals surface area contributed by atoms with Crippen LogP contribution in [-0.4, -0.2) is 16.7 Å². The number of ether oxygens (including phenoxy) is 1. The molecule has 0 bridgehead atoms. The van der Waals surface area contributed by atoms with Crippen LogP contribution < -0.4 is 10.5 Å². The number of benzene rings is 2. The molecule has 0 amide bonds. The van der Waals surface area contributed by atoms with Gasteiger partial charge in [0, 0.05) is 35.8 Å². The number of hydrogen-bond acceptors (Lipinski definition) is 4. The van der Waals surface area contributed by atoms with Gasteiger partial charge in [-0.1, -0.05) is 6.07 Å². The summed E-state index contributed by atoms with van der Waals surface area (Å²) in [5.41, 5.74) is 9.68. The minimum atomic E-state index is -0.631. The Morgan fingerprint density at radius 2 is 1.83 bits per heavy atom. The summed E-state index contributed by atoms with van der Waals surface area (Å²) in [5, 5.41) is 9.87. The van der Waals surface area contributed by atoms with Crippen LogP contribution in [0.2, 0.25) is 0 Å². The van der Waals surface area contributed by atoms with Gasteiger partial charge in [0.1, 0.15) is 11.9 Å². The summed E-state index contributed by atoms with van der Waals surface area (Å²) in [5.74, 6) is -1.03. The van der Waals surface area contributed by atoms with Crippen molar-refractivity contribution in [3.63, 3.8) is 0 Å². The first kappa shape index (κ1) is 19.6. The lowest BCUT2D eigenvalue weighted by atomic mass is 9.95. The minimum absolute atomic E-state index is 0.0494. The molecule has 0 aliphatic rings. The summed E-state index contributed by atoms with van der Waals surface area (Å²) < 4.78 is 35.8.